The van der Waals surface area contributed by atoms with Crippen molar-refractivity contribution in [1.29, 1.82) is 0 Å². The van der Waals surface area contributed by atoms with Gasteiger partial charge < -0.3 is 20.4 Å². The summed E-state index contributed by atoms with van der Waals surface area (Å²) in [6, 6.07) is 1.88. The summed E-state index contributed by atoms with van der Waals surface area (Å²) in [6.07, 6.45) is 1.92. The molecular formula is C15H23N3O3. The molecule has 1 aromatic heterocycles. The van der Waals surface area contributed by atoms with Crippen LogP contribution < -0.4 is 10.5 Å². The Morgan fingerprint density at radius 2 is 2.00 bits per heavy atom. The second kappa shape index (κ2) is 6.30. The first-order valence-corrected chi connectivity index (χ1v) is 7.19. The third kappa shape index (κ3) is 3.64. The predicted octanol–water partition coefficient (Wildman–Crippen LogP) is 2.13. The maximum absolute atomic E-state index is 8.96. The third-order valence-corrected chi connectivity index (χ3v) is 3.61. The van der Waals surface area contributed by atoms with Crippen molar-refractivity contribution in [3.8, 4) is 5.88 Å². The van der Waals surface area contributed by atoms with Gasteiger partial charge in [0.05, 0.1) is 17.8 Å². The number of hydrogen-bond acceptors (Lipinski definition) is 5. The van der Waals surface area contributed by atoms with Crippen LogP contribution in [0.25, 0.3) is 0 Å². The fraction of sp³-hybridized carbons (Fsp3) is 0.600. The highest BCUT2D eigenvalue weighted by Gasteiger charge is 2.27. The molecule has 1 fully saturated rings. The second-order valence-electron chi connectivity index (χ2n) is 5.71. The van der Waals surface area contributed by atoms with Crippen molar-refractivity contribution in [2.45, 2.75) is 58.8 Å². The van der Waals surface area contributed by atoms with Gasteiger partial charge in [-0.15, -0.1) is 0 Å². The van der Waals surface area contributed by atoms with Crippen LogP contribution >= 0.6 is 0 Å². The van der Waals surface area contributed by atoms with Gasteiger partial charge in [-0.2, -0.15) is 0 Å². The number of aryl methyl sites for hydroxylation is 2. The Labute approximate surface area is 125 Å². The van der Waals surface area contributed by atoms with E-state index < -0.39 is 0 Å². The topological polar surface area (TPSA) is 90.0 Å². The molecule has 1 saturated heterocycles. The zero-order chi connectivity index (χ0) is 15.6. The second-order valence-corrected chi connectivity index (χ2v) is 5.71. The summed E-state index contributed by atoms with van der Waals surface area (Å²) in [6.45, 7) is 7.85. The van der Waals surface area contributed by atoms with Gasteiger partial charge in [0, 0.05) is 18.5 Å². The average Bonchev–Trinajstić information content (AvgIpc) is 2.36. The maximum Gasteiger partial charge on any atom is 0.225 e. The molecular weight excluding hydrogens is 270 g/mol. The van der Waals surface area contributed by atoms with Crippen LogP contribution in [0.3, 0.4) is 0 Å². The minimum Gasteiger partial charge on any atom is -0.474 e. The summed E-state index contributed by atoms with van der Waals surface area (Å²) in [5.41, 5.74) is 8.03. The summed E-state index contributed by atoms with van der Waals surface area (Å²) in [5, 5.41) is 12.0. The molecule has 2 unspecified atom stereocenters. The third-order valence-electron chi connectivity index (χ3n) is 3.61. The lowest BCUT2D eigenvalue weighted by Crippen LogP contribution is -2.36. The van der Waals surface area contributed by atoms with Gasteiger partial charge in [0.2, 0.25) is 5.88 Å². The Kier molecular flexibility index (Phi) is 4.67. The Hall–Kier alpha value is -1.82. The van der Waals surface area contributed by atoms with Crippen LogP contribution in [0.1, 0.15) is 43.5 Å². The Morgan fingerprint density at radius 3 is 2.57 bits per heavy atom. The number of oxime groups is 1. The molecule has 0 radical (unpaired) electrons. The van der Waals surface area contributed by atoms with Crippen molar-refractivity contribution in [3.63, 3.8) is 0 Å². The molecule has 3 N–H and O–H groups in total. The van der Waals surface area contributed by atoms with E-state index in [0.29, 0.717) is 11.4 Å². The highest BCUT2D eigenvalue weighted by Crippen LogP contribution is 2.27. The van der Waals surface area contributed by atoms with E-state index in [4.69, 9.17) is 20.4 Å². The fourth-order valence-corrected chi connectivity index (χ4v) is 2.85. The minimum atomic E-state index is 0.0164. The molecule has 21 heavy (non-hydrogen) atoms. The summed E-state index contributed by atoms with van der Waals surface area (Å²) < 4.78 is 11.8. The molecule has 2 rings (SSSR count). The van der Waals surface area contributed by atoms with Crippen molar-refractivity contribution in [2.24, 2.45) is 10.9 Å². The molecule has 0 aliphatic carbocycles. The Bertz CT molecular complexity index is 535. The molecule has 116 valence electrons. The molecule has 0 saturated carbocycles. The zero-order valence-electron chi connectivity index (χ0n) is 13.0. The van der Waals surface area contributed by atoms with Crippen molar-refractivity contribution in [2.75, 3.05) is 0 Å². The summed E-state index contributed by atoms with van der Waals surface area (Å²) in [7, 11) is 0. The quantitative estimate of drug-likeness (QED) is 0.385. The normalized spacial score (nSPS) is 26.7. The van der Waals surface area contributed by atoms with Gasteiger partial charge in [0.1, 0.15) is 6.10 Å². The van der Waals surface area contributed by atoms with E-state index in [9.17, 15) is 0 Å². The number of ether oxygens (including phenoxy) is 2. The molecule has 6 heteroatoms. The lowest BCUT2D eigenvalue weighted by molar-refractivity contribution is -0.0730. The largest absolute Gasteiger partial charge is 0.474 e. The number of rotatable bonds is 3. The van der Waals surface area contributed by atoms with E-state index in [2.05, 4.69) is 10.1 Å². The zero-order valence-corrected chi connectivity index (χ0v) is 13.0. The van der Waals surface area contributed by atoms with Crippen LogP contribution in [0, 0.1) is 13.8 Å². The average molecular weight is 293 g/mol. The van der Waals surface area contributed by atoms with Gasteiger partial charge in [-0.25, -0.2) is 4.98 Å². The van der Waals surface area contributed by atoms with Crippen LogP contribution in [-0.4, -0.2) is 34.3 Å². The molecule has 0 aromatic carbocycles. The van der Waals surface area contributed by atoms with Crippen LogP contribution in [0.2, 0.25) is 0 Å². The van der Waals surface area contributed by atoms with E-state index in [1.165, 1.54) is 0 Å². The Morgan fingerprint density at radius 1 is 1.38 bits per heavy atom. The van der Waals surface area contributed by atoms with Crippen LogP contribution in [-0.2, 0) is 4.74 Å². The molecule has 2 heterocycles. The van der Waals surface area contributed by atoms with Gasteiger partial charge in [0.15, 0.2) is 5.84 Å². The molecule has 2 atom stereocenters. The lowest BCUT2D eigenvalue weighted by atomic mass is 10.0. The van der Waals surface area contributed by atoms with Gasteiger partial charge >= 0.3 is 0 Å². The highest BCUT2D eigenvalue weighted by molar-refractivity contribution is 6.00. The lowest BCUT2D eigenvalue weighted by Gasteiger charge is -2.32. The standard InChI is InChI=1S/C15H23N3O3/c1-8-5-9(2)17-15(13(8)14(16)18-19)21-12-6-10(3)20-11(4)7-12/h5,10-12,19H,6-7H2,1-4H3,(H2,16,18). The van der Waals surface area contributed by atoms with Crippen LogP contribution in [0.5, 0.6) is 5.88 Å². The maximum atomic E-state index is 8.96. The van der Waals surface area contributed by atoms with E-state index in [-0.39, 0.29) is 24.1 Å². The monoisotopic (exact) mass is 293 g/mol. The number of aromatic nitrogens is 1. The summed E-state index contributed by atoms with van der Waals surface area (Å²) in [5.74, 6) is 0.442. The predicted molar refractivity (Wildman–Crippen MR) is 79.9 cm³/mol. The van der Waals surface area contributed by atoms with E-state index in [0.717, 1.165) is 24.1 Å². The first kappa shape index (κ1) is 15.6. The first-order chi connectivity index (χ1) is 9.90. The molecule has 0 bridgehead atoms. The number of nitrogens with two attached hydrogens (primary N) is 1. The van der Waals surface area contributed by atoms with Crippen molar-refractivity contribution in [1.82, 2.24) is 4.98 Å². The summed E-state index contributed by atoms with van der Waals surface area (Å²) >= 11 is 0. The van der Waals surface area contributed by atoms with E-state index in [1.54, 1.807) is 0 Å². The van der Waals surface area contributed by atoms with Gasteiger partial charge in [0.25, 0.3) is 0 Å². The number of amidine groups is 1. The van der Waals surface area contributed by atoms with E-state index in [1.807, 2.05) is 33.8 Å². The van der Waals surface area contributed by atoms with Crippen LogP contribution in [0.4, 0.5) is 0 Å². The van der Waals surface area contributed by atoms with Crippen molar-refractivity contribution in [3.05, 3.63) is 22.9 Å². The Balaban J connectivity index is 2.30. The van der Waals surface area contributed by atoms with E-state index >= 15 is 0 Å². The molecule has 0 spiro atoms. The molecule has 1 aliphatic heterocycles. The van der Waals surface area contributed by atoms with Gasteiger partial charge in [-0.1, -0.05) is 5.16 Å². The smallest absolute Gasteiger partial charge is 0.225 e. The molecule has 1 aliphatic rings. The van der Waals surface area contributed by atoms with Crippen molar-refractivity contribution >= 4 is 5.84 Å². The first-order valence-electron chi connectivity index (χ1n) is 7.19. The van der Waals surface area contributed by atoms with Gasteiger partial charge in [-0.05, 0) is 39.3 Å². The fourth-order valence-electron chi connectivity index (χ4n) is 2.85. The summed E-state index contributed by atoms with van der Waals surface area (Å²) in [4.78, 5) is 4.41. The molecule has 0 amide bonds. The molecule has 1 aromatic rings. The number of nitrogens with zero attached hydrogens (tertiary/aromatic N) is 2. The number of pyridine rings is 1. The molecule has 6 nitrogen and oxygen atoms in total. The van der Waals surface area contributed by atoms with Gasteiger partial charge in [-0.3, -0.25) is 0 Å². The van der Waals surface area contributed by atoms with Crippen molar-refractivity contribution < 1.29 is 14.7 Å². The highest BCUT2D eigenvalue weighted by atomic mass is 16.5. The number of hydrogen-bond donors (Lipinski definition) is 2. The van der Waals surface area contributed by atoms with Crippen LogP contribution in [0.15, 0.2) is 11.2 Å². The minimum absolute atomic E-state index is 0.0164. The SMILES string of the molecule is Cc1cc(C)c(/C(N)=N/O)c(OC2CC(C)OC(C)C2)n1.